The molecule has 1 aliphatic heterocycles. The number of aromatic nitrogens is 1. The summed E-state index contributed by atoms with van der Waals surface area (Å²) in [6, 6.07) is 12.4. The zero-order chi connectivity index (χ0) is 11.0. The fraction of sp³-hybridized carbons (Fsp3) is 0.154. The van der Waals surface area contributed by atoms with Crippen LogP contribution in [-0.2, 0) is 13.1 Å². The Bertz CT molecular complexity index is 483. The molecule has 1 aliphatic rings. The van der Waals surface area contributed by atoms with Gasteiger partial charge in [0.15, 0.2) is 0 Å². The van der Waals surface area contributed by atoms with Crippen molar-refractivity contribution in [3.05, 3.63) is 58.7 Å². The smallest absolute Gasteiger partial charge is 0.129 e. The van der Waals surface area contributed by atoms with Crippen LogP contribution in [0, 0.1) is 0 Å². The molecule has 2 nitrogen and oxygen atoms in total. The molecule has 0 radical (unpaired) electrons. The van der Waals surface area contributed by atoms with Crippen LogP contribution in [0.2, 0.25) is 5.02 Å². The minimum Gasteiger partial charge on any atom is -0.348 e. The van der Waals surface area contributed by atoms with Gasteiger partial charge < -0.3 is 4.90 Å². The number of anilines is 1. The lowest BCUT2D eigenvalue weighted by atomic mass is 10.1. The third-order valence-corrected chi connectivity index (χ3v) is 3.10. The maximum atomic E-state index is 5.83. The number of pyridine rings is 1. The SMILES string of the molecule is Clc1ccc(N2Cc3ccccc3C2)nc1. The van der Waals surface area contributed by atoms with E-state index in [2.05, 4.69) is 34.1 Å². The maximum absolute atomic E-state index is 5.83. The highest BCUT2D eigenvalue weighted by atomic mass is 35.5. The van der Waals surface area contributed by atoms with Crippen molar-refractivity contribution in [2.24, 2.45) is 0 Å². The maximum Gasteiger partial charge on any atom is 0.129 e. The van der Waals surface area contributed by atoms with E-state index in [9.17, 15) is 0 Å². The molecule has 0 bridgehead atoms. The van der Waals surface area contributed by atoms with Crippen molar-refractivity contribution in [3.8, 4) is 0 Å². The molecular formula is C13H11ClN2. The van der Waals surface area contributed by atoms with Gasteiger partial charge in [-0.05, 0) is 23.3 Å². The number of fused-ring (bicyclic) bond motifs is 1. The first-order chi connectivity index (χ1) is 7.83. The molecule has 0 saturated carbocycles. The Balaban J connectivity index is 1.88. The zero-order valence-electron chi connectivity index (χ0n) is 8.73. The number of rotatable bonds is 1. The number of halogens is 1. The molecule has 0 fully saturated rings. The van der Waals surface area contributed by atoms with Gasteiger partial charge in [-0.1, -0.05) is 35.9 Å². The second kappa shape index (κ2) is 3.80. The Kier molecular flexibility index (Phi) is 2.29. The molecule has 1 aromatic heterocycles. The second-order valence-corrected chi connectivity index (χ2v) is 4.40. The number of hydrogen-bond donors (Lipinski definition) is 0. The summed E-state index contributed by atoms with van der Waals surface area (Å²) < 4.78 is 0. The lowest BCUT2D eigenvalue weighted by Crippen LogP contribution is -2.15. The lowest BCUT2D eigenvalue weighted by molar-refractivity contribution is 0.857. The summed E-state index contributed by atoms with van der Waals surface area (Å²) in [4.78, 5) is 6.59. The van der Waals surface area contributed by atoms with Gasteiger partial charge >= 0.3 is 0 Å². The van der Waals surface area contributed by atoms with Crippen LogP contribution in [0.15, 0.2) is 42.6 Å². The van der Waals surface area contributed by atoms with Crippen molar-refractivity contribution in [2.75, 3.05) is 4.90 Å². The van der Waals surface area contributed by atoms with Crippen molar-refractivity contribution in [1.82, 2.24) is 4.98 Å². The van der Waals surface area contributed by atoms with Crippen molar-refractivity contribution in [1.29, 1.82) is 0 Å². The molecule has 80 valence electrons. The normalized spacial score (nSPS) is 13.9. The second-order valence-electron chi connectivity index (χ2n) is 3.96. The molecular weight excluding hydrogens is 220 g/mol. The highest BCUT2D eigenvalue weighted by Gasteiger charge is 2.18. The van der Waals surface area contributed by atoms with Gasteiger partial charge in [-0.15, -0.1) is 0 Å². The molecule has 0 aliphatic carbocycles. The van der Waals surface area contributed by atoms with E-state index in [-0.39, 0.29) is 0 Å². The van der Waals surface area contributed by atoms with Crippen molar-refractivity contribution >= 4 is 17.4 Å². The molecule has 2 heterocycles. The summed E-state index contributed by atoms with van der Waals surface area (Å²) in [5.74, 6) is 0.987. The Hall–Kier alpha value is -1.54. The highest BCUT2D eigenvalue weighted by molar-refractivity contribution is 6.30. The van der Waals surface area contributed by atoms with E-state index in [0.717, 1.165) is 18.9 Å². The van der Waals surface area contributed by atoms with Crippen molar-refractivity contribution in [3.63, 3.8) is 0 Å². The topological polar surface area (TPSA) is 16.1 Å². The summed E-state index contributed by atoms with van der Waals surface area (Å²) in [5, 5.41) is 0.681. The van der Waals surface area contributed by atoms with Gasteiger partial charge in [0.1, 0.15) is 5.82 Å². The first kappa shape index (κ1) is 9.67. The third-order valence-electron chi connectivity index (χ3n) is 2.88. The first-order valence-corrected chi connectivity index (χ1v) is 5.64. The third kappa shape index (κ3) is 1.65. The van der Waals surface area contributed by atoms with Gasteiger partial charge in [0, 0.05) is 19.3 Å². The molecule has 3 rings (SSSR count). The number of hydrogen-bond acceptors (Lipinski definition) is 2. The summed E-state index contributed by atoms with van der Waals surface area (Å²) in [7, 11) is 0. The van der Waals surface area contributed by atoms with Gasteiger partial charge in [-0.25, -0.2) is 4.98 Å². The van der Waals surface area contributed by atoms with Crippen LogP contribution >= 0.6 is 11.6 Å². The van der Waals surface area contributed by atoms with Crippen LogP contribution < -0.4 is 4.90 Å². The van der Waals surface area contributed by atoms with Gasteiger partial charge in [-0.2, -0.15) is 0 Å². The Morgan fingerprint density at radius 1 is 1.00 bits per heavy atom. The number of benzene rings is 1. The van der Waals surface area contributed by atoms with E-state index in [1.54, 1.807) is 6.20 Å². The van der Waals surface area contributed by atoms with E-state index in [1.807, 2.05) is 12.1 Å². The van der Waals surface area contributed by atoms with Gasteiger partial charge in [0.05, 0.1) is 5.02 Å². The predicted octanol–water partition coefficient (Wildman–Crippen LogP) is 3.26. The first-order valence-electron chi connectivity index (χ1n) is 5.26. The molecule has 0 saturated heterocycles. The van der Waals surface area contributed by atoms with Crippen LogP contribution in [0.25, 0.3) is 0 Å². The molecule has 0 N–H and O–H groups in total. The summed E-state index contributed by atoms with van der Waals surface area (Å²) >= 11 is 5.83. The largest absolute Gasteiger partial charge is 0.348 e. The minimum absolute atomic E-state index is 0.681. The fourth-order valence-electron chi connectivity index (χ4n) is 2.05. The van der Waals surface area contributed by atoms with E-state index in [4.69, 9.17) is 11.6 Å². The monoisotopic (exact) mass is 230 g/mol. The van der Waals surface area contributed by atoms with Crippen LogP contribution in [0.1, 0.15) is 11.1 Å². The summed E-state index contributed by atoms with van der Waals surface area (Å²) in [6.07, 6.45) is 1.69. The lowest BCUT2D eigenvalue weighted by Gasteiger charge is -2.15. The summed E-state index contributed by atoms with van der Waals surface area (Å²) in [5.41, 5.74) is 2.78. The van der Waals surface area contributed by atoms with Crippen molar-refractivity contribution < 1.29 is 0 Å². The average molecular weight is 231 g/mol. The van der Waals surface area contributed by atoms with Crippen molar-refractivity contribution in [2.45, 2.75) is 13.1 Å². The molecule has 0 spiro atoms. The molecule has 16 heavy (non-hydrogen) atoms. The van der Waals surface area contributed by atoms with Crippen LogP contribution in [0.4, 0.5) is 5.82 Å². The van der Waals surface area contributed by atoms with Gasteiger partial charge in [-0.3, -0.25) is 0 Å². The predicted molar refractivity (Wildman–Crippen MR) is 65.6 cm³/mol. The molecule has 0 unspecified atom stereocenters. The molecule has 0 atom stereocenters. The standard InChI is InChI=1S/C13H11ClN2/c14-12-5-6-13(15-7-12)16-8-10-3-1-2-4-11(10)9-16/h1-7H,8-9H2. The Morgan fingerprint density at radius 2 is 1.69 bits per heavy atom. The molecule has 2 aromatic rings. The number of nitrogens with zero attached hydrogens (tertiary/aromatic N) is 2. The fourth-order valence-corrected chi connectivity index (χ4v) is 2.16. The Morgan fingerprint density at radius 3 is 2.25 bits per heavy atom. The molecule has 1 aromatic carbocycles. The summed E-state index contributed by atoms with van der Waals surface area (Å²) in [6.45, 7) is 1.87. The van der Waals surface area contributed by atoms with Crippen LogP contribution in [0.3, 0.4) is 0 Å². The Labute approximate surface area is 99.5 Å². The van der Waals surface area contributed by atoms with E-state index in [1.165, 1.54) is 11.1 Å². The average Bonchev–Trinajstić information content (AvgIpc) is 2.73. The molecule has 3 heteroatoms. The molecule has 0 amide bonds. The van der Waals surface area contributed by atoms with E-state index < -0.39 is 0 Å². The van der Waals surface area contributed by atoms with Gasteiger partial charge in [0.2, 0.25) is 0 Å². The highest BCUT2D eigenvalue weighted by Crippen LogP contribution is 2.26. The van der Waals surface area contributed by atoms with Crippen LogP contribution in [0.5, 0.6) is 0 Å². The zero-order valence-corrected chi connectivity index (χ0v) is 9.48. The van der Waals surface area contributed by atoms with E-state index >= 15 is 0 Å². The van der Waals surface area contributed by atoms with Crippen LogP contribution in [-0.4, -0.2) is 4.98 Å². The quantitative estimate of drug-likeness (QED) is 0.748. The van der Waals surface area contributed by atoms with E-state index in [0.29, 0.717) is 5.02 Å². The minimum atomic E-state index is 0.681. The van der Waals surface area contributed by atoms with Gasteiger partial charge in [0.25, 0.3) is 0 Å².